The number of halogens is 1. The van der Waals surface area contributed by atoms with E-state index in [0.717, 1.165) is 44.9 Å². The molecule has 0 aliphatic heterocycles. The van der Waals surface area contributed by atoms with Gasteiger partial charge in [-0.3, -0.25) is 4.79 Å². The molecule has 6 atom stereocenters. The van der Waals surface area contributed by atoms with Crippen molar-refractivity contribution in [2.45, 2.75) is 63.9 Å². The van der Waals surface area contributed by atoms with Crippen LogP contribution in [0.5, 0.6) is 0 Å². The van der Waals surface area contributed by atoms with E-state index in [9.17, 15) is 9.90 Å². The van der Waals surface area contributed by atoms with Crippen LogP contribution in [0.4, 0.5) is 0 Å². The highest BCUT2D eigenvalue weighted by Crippen LogP contribution is 2.64. The third-order valence-electron chi connectivity index (χ3n) is 7.71. The summed E-state index contributed by atoms with van der Waals surface area (Å²) in [5.41, 5.74) is 0.380. The Hall–Kier alpha value is -0.780. The second kappa shape index (κ2) is 5.36. The molecule has 0 heterocycles. The third kappa shape index (κ3) is 2.16. The molecule has 0 unspecified atom stereocenters. The van der Waals surface area contributed by atoms with E-state index in [1.807, 2.05) is 6.08 Å². The Morgan fingerprint density at radius 3 is 2.78 bits per heavy atom. The van der Waals surface area contributed by atoms with E-state index in [4.69, 9.17) is 11.6 Å². The van der Waals surface area contributed by atoms with Crippen molar-refractivity contribution in [1.29, 1.82) is 0 Å². The normalized spacial score (nSPS) is 48.5. The van der Waals surface area contributed by atoms with Gasteiger partial charge >= 0.3 is 0 Å². The van der Waals surface area contributed by atoms with Crippen LogP contribution in [0.15, 0.2) is 11.6 Å². The Bertz CT molecular complexity index is 627. The lowest BCUT2D eigenvalue weighted by Crippen LogP contribution is -2.52. The van der Waals surface area contributed by atoms with E-state index in [2.05, 4.69) is 18.2 Å². The summed E-state index contributed by atoms with van der Waals surface area (Å²) in [6.07, 6.45) is 9.95. The highest BCUT2D eigenvalue weighted by Gasteiger charge is 2.62. The van der Waals surface area contributed by atoms with Crippen LogP contribution in [-0.2, 0) is 4.79 Å². The summed E-state index contributed by atoms with van der Waals surface area (Å²) in [4.78, 5) is 11.7. The van der Waals surface area contributed by atoms with Crippen molar-refractivity contribution in [3.8, 4) is 11.3 Å². The molecule has 4 aliphatic carbocycles. The minimum atomic E-state index is -0.914. The number of rotatable bonds is 0. The summed E-state index contributed by atoms with van der Waals surface area (Å²) in [5, 5.41) is 13.5. The molecule has 0 aromatic rings. The summed E-state index contributed by atoms with van der Waals surface area (Å²) in [5.74, 6) is 5.79. The molecule has 0 aromatic heterocycles. The zero-order valence-corrected chi connectivity index (χ0v) is 14.5. The molecular weight excluding hydrogens is 308 g/mol. The minimum absolute atomic E-state index is 0.123. The highest BCUT2D eigenvalue weighted by atomic mass is 35.5. The van der Waals surface area contributed by atoms with Crippen molar-refractivity contribution in [1.82, 2.24) is 0 Å². The van der Waals surface area contributed by atoms with Crippen molar-refractivity contribution >= 4 is 17.4 Å². The molecule has 23 heavy (non-hydrogen) atoms. The fourth-order valence-electron chi connectivity index (χ4n) is 6.48. The molecule has 2 nitrogen and oxygen atoms in total. The fraction of sp³-hybridized carbons (Fsp3) is 0.750. The first-order valence-corrected chi connectivity index (χ1v) is 9.45. The van der Waals surface area contributed by atoms with Gasteiger partial charge in [-0.1, -0.05) is 18.4 Å². The zero-order chi connectivity index (χ0) is 16.2. The maximum Gasteiger partial charge on any atom is 0.155 e. The molecule has 0 spiro atoms. The van der Waals surface area contributed by atoms with E-state index in [-0.39, 0.29) is 5.41 Å². The highest BCUT2D eigenvalue weighted by molar-refractivity contribution is 6.30. The predicted molar refractivity (Wildman–Crippen MR) is 90.7 cm³/mol. The van der Waals surface area contributed by atoms with Crippen LogP contribution in [-0.4, -0.2) is 16.5 Å². The fourth-order valence-corrected chi connectivity index (χ4v) is 6.64. The lowest BCUT2D eigenvalue weighted by Gasteiger charge is -2.54. The number of fused-ring (bicyclic) bond motifs is 5. The van der Waals surface area contributed by atoms with Gasteiger partial charge in [-0.2, -0.15) is 0 Å². The first kappa shape index (κ1) is 15.7. The van der Waals surface area contributed by atoms with Crippen molar-refractivity contribution < 1.29 is 9.90 Å². The Morgan fingerprint density at radius 1 is 1.17 bits per heavy atom. The van der Waals surface area contributed by atoms with Crippen LogP contribution >= 0.6 is 11.6 Å². The quantitative estimate of drug-likeness (QED) is 0.679. The van der Waals surface area contributed by atoms with Gasteiger partial charge in [0.05, 0.1) is 0 Å². The Labute approximate surface area is 143 Å². The monoisotopic (exact) mass is 332 g/mol. The maximum atomic E-state index is 11.7. The van der Waals surface area contributed by atoms with E-state index < -0.39 is 5.60 Å². The number of hydrogen-bond acceptors (Lipinski definition) is 2. The van der Waals surface area contributed by atoms with Gasteiger partial charge in [0.15, 0.2) is 5.78 Å². The lowest BCUT2D eigenvalue weighted by molar-refractivity contribution is -0.116. The average molecular weight is 333 g/mol. The molecule has 3 fully saturated rings. The second-order valence-electron chi connectivity index (χ2n) is 8.38. The summed E-state index contributed by atoms with van der Waals surface area (Å²) >= 11 is 5.65. The van der Waals surface area contributed by atoms with Gasteiger partial charge in [-0.05, 0) is 86.3 Å². The Kier molecular flexibility index (Phi) is 3.67. The smallest absolute Gasteiger partial charge is 0.155 e. The molecule has 0 aromatic carbocycles. The number of carbonyl (C=O) groups is 1. The van der Waals surface area contributed by atoms with Crippen LogP contribution in [0.1, 0.15) is 58.3 Å². The molecule has 0 radical (unpaired) electrons. The molecule has 0 saturated heterocycles. The average Bonchev–Trinajstić information content (AvgIpc) is 2.79. The summed E-state index contributed by atoms with van der Waals surface area (Å²) in [6.45, 7) is 2.23. The van der Waals surface area contributed by atoms with Crippen molar-refractivity contribution in [2.75, 3.05) is 0 Å². The lowest BCUT2D eigenvalue weighted by atomic mass is 9.50. The summed E-state index contributed by atoms with van der Waals surface area (Å²) < 4.78 is 0. The zero-order valence-electron chi connectivity index (χ0n) is 13.8. The molecular formula is C20H25ClO2. The Morgan fingerprint density at radius 2 is 2.00 bits per heavy atom. The largest absolute Gasteiger partial charge is 0.377 e. The van der Waals surface area contributed by atoms with Crippen molar-refractivity contribution in [2.24, 2.45) is 29.1 Å². The number of hydrogen-bond donors (Lipinski definition) is 1. The van der Waals surface area contributed by atoms with Crippen LogP contribution in [0, 0.1) is 40.4 Å². The first-order valence-electron chi connectivity index (χ1n) is 9.07. The molecule has 124 valence electrons. The van der Waals surface area contributed by atoms with Gasteiger partial charge in [0.25, 0.3) is 0 Å². The summed E-state index contributed by atoms with van der Waals surface area (Å²) in [7, 11) is 0. The van der Waals surface area contributed by atoms with E-state index in [1.165, 1.54) is 12.0 Å². The van der Waals surface area contributed by atoms with Gasteiger partial charge in [0.1, 0.15) is 5.60 Å². The maximum absolute atomic E-state index is 11.7. The molecule has 0 bridgehead atoms. The number of ketones is 1. The van der Waals surface area contributed by atoms with Crippen LogP contribution in [0.2, 0.25) is 0 Å². The molecule has 4 aliphatic rings. The van der Waals surface area contributed by atoms with E-state index in [1.54, 1.807) is 0 Å². The molecule has 0 amide bonds. The van der Waals surface area contributed by atoms with Crippen molar-refractivity contribution in [3.05, 3.63) is 11.6 Å². The van der Waals surface area contributed by atoms with Gasteiger partial charge in [-0.15, -0.1) is 0 Å². The van der Waals surface area contributed by atoms with E-state index >= 15 is 0 Å². The molecule has 3 heteroatoms. The van der Waals surface area contributed by atoms with E-state index in [0.29, 0.717) is 29.5 Å². The first-order chi connectivity index (χ1) is 11.0. The standard InChI is InChI=1S/C20H25ClO2/c1-19-8-6-16-15-5-3-14(22)12-13(15)2-4-17(16)18(19)7-9-20(19,23)10-11-21/h12,15-18,23H,2-9H2,1H3/t15-,16+,17+,18-,19-,20+/m0/s1. The van der Waals surface area contributed by atoms with Crippen LogP contribution in [0.25, 0.3) is 0 Å². The van der Waals surface area contributed by atoms with Gasteiger partial charge in [0.2, 0.25) is 0 Å². The topological polar surface area (TPSA) is 37.3 Å². The number of allylic oxidation sites excluding steroid dienone is 1. The summed E-state index contributed by atoms with van der Waals surface area (Å²) in [6, 6.07) is 0. The molecule has 1 N–H and O–H groups in total. The van der Waals surface area contributed by atoms with Crippen LogP contribution < -0.4 is 0 Å². The molecule has 3 saturated carbocycles. The van der Waals surface area contributed by atoms with Gasteiger partial charge in [-0.25, -0.2) is 0 Å². The predicted octanol–water partition coefficient (Wildman–Crippen LogP) is 4.06. The van der Waals surface area contributed by atoms with Gasteiger partial charge in [0, 0.05) is 17.2 Å². The van der Waals surface area contributed by atoms with Crippen LogP contribution in [0.3, 0.4) is 0 Å². The second-order valence-corrected chi connectivity index (χ2v) is 8.57. The minimum Gasteiger partial charge on any atom is -0.377 e. The number of carbonyl (C=O) groups excluding carboxylic acids is 1. The van der Waals surface area contributed by atoms with Gasteiger partial charge < -0.3 is 5.11 Å². The number of aliphatic hydroxyl groups is 1. The van der Waals surface area contributed by atoms with Crippen molar-refractivity contribution in [3.63, 3.8) is 0 Å². The SMILES string of the molecule is C[C@]12CC[C@H]3[C@@H](CCC4=CC(=O)CC[C@@H]43)[C@@H]1CC[C@@]2(O)C#CCl. The molecule has 4 rings (SSSR count). The Balaban J connectivity index is 1.65. The third-order valence-corrected chi connectivity index (χ3v) is 7.80.